The van der Waals surface area contributed by atoms with Crippen molar-refractivity contribution in [2.45, 2.75) is 25.8 Å². The van der Waals surface area contributed by atoms with Crippen molar-refractivity contribution in [1.29, 1.82) is 0 Å². The molecule has 0 radical (unpaired) electrons. The highest BCUT2D eigenvalue weighted by molar-refractivity contribution is 5.73. The number of hydrogen-bond acceptors (Lipinski definition) is 3. The van der Waals surface area contributed by atoms with Gasteiger partial charge in [0.2, 0.25) is 5.91 Å². The van der Waals surface area contributed by atoms with Crippen LogP contribution < -0.4 is 10.6 Å². The van der Waals surface area contributed by atoms with E-state index < -0.39 is 5.97 Å². The van der Waals surface area contributed by atoms with Crippen LogP contribution in [0.1, 0.15) is 19.8 Å². The second-order valence-corrected chi connectivity index (χ2v) is 3.65. The number of carbonyl (C=O) groups excluding carboxylic acids is 1. The van der Waals surface area contributed by atoms with Gasteiger partial charge in [-0.25, -0.2) is 0 Å². The number of piperidine rings is 1. The van der Waals surface area contributed by atoms with E-state index in [1.807, 2.05) is 0 Å². The molecule has 1 amide bonds. The summed E-state index contributed by atoms with van der Waals surface area (Å²) in [5.74, 6) is -1.08. The molecule has 1 saturated heterocycles. The minimum absolute atomic E-state index is 0.0794. The van der Waals surface area contributed by atoms with Gasteiger partial charge in [0.15, 0.2) is 0 Å². The highest BCUT2D eigenvalue weighted by Gasteiger charge is 2.26. The van der Waals surface area contributed by atoms with Gasteiger partial charge in [0.05, 0.1) is 5.92 Å². The quantitative estimate of drug-likeness (QED) is 0.578. The number of aliphatic carboxylic acids is 1. The van der Waals surface area contributed by atoms with Crippen LogP contribution in [0.25, 0.3) is 0 Å². The number of carbonyl (C=O) groups is 2. The monoisotopic (exact) mass is 200 g/mol. The number of carboxylic acid groups (broad SMARTS) is 1. The van der Waals surface area contributed by atoms with E-state index in [0.29, 0.717) is 25.9 Å². The average molecular weight is 200 g/mol. The van der Waals surface area contributed by atoms with Crippen molar-refractivity contribution < 1.29 is 14.7 Å². The minimum atomic E-state index is -0.737. The van der Waals surface area contributed by atoms with E-state index in [1.165, 1.54) is 6.92 Å². The first-order valence-electron chi connectivity index (χ1n) is 4.80. The van der Waals surface area contributed by atoms with Crippen LogP contribution in [0.4, 0.5) is 0 Å². The predicted molar refractivity (Wildman–Crippen MR) is 50.8 cm³/mol. The largest absolute Gasteiger partial charge is 0.481 e. The highest BCUT2D eigenvalue weighted by atomic mass is 16.4. The van der Waals surface area contributed by atoms with E-state index in [-0.39, 0.29) is 17.9 Å². The Morgan fingerprint density at radius 3 is 2.86 bits per heavy atom. The third kappa shape index (κ3) is 3.33. The first-order chi connectivity index (χ1) is 6.59. The van der Waals surface area contributed by atoms with Crippen molar-refractivity contribution in [2.24, 2.45) is 5.92 Å². The van der Waals surface area contributed by atoms with Crippen LogP contribution in [0.3, 0.4) is 0 Å². The molecule has 1 aliphatic rings. The van der Waals surface area contributed by atoms with E-state index in [9.17, 15) is 9.59 Å². The molecular formula is C9H16N2O3. The SMILES string of the molecule is CC(=O)NCC1CC(C(=O)O)CCN1. The third-order valence-corrected chi connectivity index (χ3v) is 2.44. The van der Waals surface area contributed by atoms with Gasteiger partial charge in [0, 0.05) is 19.5 Å². The molecule has 0 aromatic carbocycles. The normalized spacial score (nSPS) is 26.9. The zero-order valence-corrected chi connectivity index (χ0v) is 8.25. The molecule has 5 nitrogen and oxygen atoms in total. The summed E-state index contributed by atoms with van der Waals surface area (Å²) < 4.78 is 0. The Kier molecular flexibility index (Phi) is 3.88. The molecule has 0 bridgehead atoms. The van der Waals surface area contributed by atoms with E-state index in [1.54, 1.807) is 0 Å². The minimum Gasteiger partial charge on any atom is -0.481 e. The molecule has 0 aliphatic carbocycles. The summed E-state index contributed by atoms with van der Waals surface area (Å²) in [5.41, 5.74) is 0. The molecule has 0 spiro atoms. The fraction of sp³-hybridized carbons (Fsp3) is 0.778. The molecular weight excluding hydrogens is 184 g/mol. The first kappa shape index (κ1) is 11.0. The van der Waals surface area contributed by atoms with Crippen molar-refractivity contribution in [2.75, 3.05) is 13.1 Å². The molecule has 2 atom stereocenters. The predicted octanol–water partition coefficient (Wildman–Crippen LogP) is -0.425. The van der Waals surface area contributed by atoms with Crippen molar-refractivity contribution in [3.05, 3.63) is 0 Å². The lowest BCUT2D eigenvalue weighted by atomic mass is 9.92. The van der Waals surface area contributed by atoms with Crippen LogP contribution in [0.15, 0.2) is 0 Å². The van der Waals surface area contributed by atoms with Gasteiger partial charge in [0.25, 0.3) is 0 Å². The molecule has 0 aromatic rings. The fourth-order valence-electron chi connectivity index (χ4n) is 1.65. The van der Waals surface area contributed by atoms with Crippen LogP contribution >= 0.6 is 0 Å². The highest BCUT2D eigenvalue weighted by Crippen LogP contribution is 2.15. The second kappa shape index (κ2) is 4.95. The van der Waals surface area contributed by atoms with Crippen molar-refractivity contribution >= 4 is 11.9 Å². The molecule has 1 aliphatic heterocycles. The molecule has 5 heteroatoms. The standard InChI is InChI=1S/C9H16N2O3/c1-6(12)11-5-8-4-7(9(13)14)2-3-10-8/h7-8,10H,2-5H2,1H3,(H,11,12)(H,13,14). The van der Waals surface area contributed by atoms with Crippen molar-refractivity contribution in [1.82, 2.24) is 10.6 Å². The number of hydrogen-bond donors (Lipinski definition) is 3. The van der Waals surface area contributed by atoms with Gasteiger partial charge < -0.3 is 15.7 Å². The maximum Gasteiger partial charge on any atom is 0.306 e. The molecule has 80 valence electrons. The zero-order chi connectivity index (χ0) is 10.6. The van der Waals surface area contributed by atoms with Crippen LogP contribution in [-0.4, -0.2) is 36.1 Å². The number of nitrogens with one attached hydrogen (secondary N) is 2. The maximum atomic E-state index is 10.7. The third-order valence-electron chi connectivity index (χ3n) is 2.44. The molecule has 1 fully saturated rings. The van der Waals surface area contributed by atoms with E-state index in [0.717, 1.165) is 0 Å². The zero-order valence-electron chi connectivity index (χ0n) is 8.25. The summed E-state index contributed by atoms with van der Waals surface area (Å²) in [7, 11) is 0. The van der Waals surface area contributed by atoms with Crippen LogP contribution in [0.5, 0.6) is 0 Å². The molecule has 14 heavy (non-hydrogen) atoms. The number of amides is 1. The Hall–Kier alpha value is -1.10. The van der Waals surface area contributed by atoms with Gasteiger partial charge in [-0.1, -0.05) is 0 Å². The smallest absolute Gasteiger partial charge is 0.306 e. The summed E-state index contributed by atoms with van der Waals surface area (Å²) in [6.45, 7) is 2.68. The lowest BCUT2D eigenvalue weighted by Crippen LogP contribution is -2.46. The summed E-state index contributed by atoms with van der Waals surface area (Å²) in [5, 5.41) is 14.7. The molecule has 2 unspecified atom stereocenters. The summed E-state index contributed by atoms with van der Waals surface area (Å²) in [4.78, 5) is 21.4. The lowest BCUT2D eigenvalue weighted by Gasteiger charge is -2.27. The molecule has 1 heterocycles. The molecule has 1 rings (SSSR count). The Labute approximate surface area is 82.9 Å². The van der Waals surface area contributed by atoms with Gasteiger partial charge in [-0.2, -0.15) is 0 Å². The molecule has 0 aromatic heterocycles. The average Bonchev–Trinajstić information content (AvgIpc) is 2.15. The fourth-order valence-corrected chi connectivity index (χ4v) is 1.65. The van der Waals surface area contributed by atoms with E-state index in [4.69, 9.17) is 5.11 Å². The van der Waals surface area contributed by atoms with Crippen LogP contribution in [-0.2, 0) is 9.59 Å². The lowest BCUT2D eigenvalue weighted by molar-refractivity contribution is -0.142. The summed E-state index contributed by atoms with van der Waals surface area (Å²) >= 11 is 0. The first-order valence-corrected chi connectivity index (χ1v) is 4.80. The molecule has 3 N–H and O–H groups in total. The Balaban J connectivity index is 2.32. The van der Waals surface area contributed by atoms with Crippen LogP contribution in [0.2, 0.25) is 0 Å². The van der Waals surface area contributed by atoms with E-state index >= 15 is 0 Å². The van der Waals surface area contributed by atoms with Gasteiger partial charge in [0.1, 0.15) is 0 Å². The van der Waals surface area contributed by atoms with Crippen LogP contribution in [0, 0.1) is 5.92 Å². The summed E-state index contributed by atoms with van der Waals surface area (Å²) in [6, 6.07) is 0.0914. The number of carboxylic acids is 1. The van der Waals surface area contributed by atoms with Crippen molar-refractivity contribution in [3.63, 3.8) is 0 Å². The Bertz CT molecular complexity index is 230. The number of rotatable bonds is 3. The maximum absolute atomic E-state index is 10.7. The van der Waals surface area contributed by atoms with Gasteiger partial charge in [-0.15, -0.1) is 0 Å². The van der Waals surface area contributed by atoms with Crippen molar-refractivity contribution in [3.8, 4) is 0 Å². The summed E-state index contributed by atoms with van der Waals surface area (Å²) in [6.07, 6.45) is 1.27. The van der Waals surface area contributed by atoms with E-state index in [2.05, 4.69) is 10.6 Å². The van der Waals surface area contributed by atoms with Gasteiger partial charge in [-0.3, -0.25) is 9.59 Å². The Morgan fingerprint density at radius 1 is 1.57 bits per heavy atom. The van der Waals surface area contributed by atoms with Gasteiger partial charge in [-0.05, 0) is 19.4 Å². The molecule has 0 saturated carbocycles. The second-order valence-electron chi connectivity index (χ2n) is 3.65. The van der Waals surface area contributed by atoms with Gasteiger partial charge >= 0.3 is 5.97 Å². The Morgan fingerprint density at radius 2 is 2.29 bits per heavy atom. The topological polar surface area (TPSA) is 78.4 Å².